The number of piperazine rings is 1. The number of hydrogen-bond acceptors (Lipinski definition) is 5. The van der Waals surface area contributed by atoms with Crippen molar-refractivity contribution in [1.82, 2.24) is 9.80 Å². The lowest BCUT2D eigenvalue weighted by Gasteiger charge is -2.38. The van der Waals surface area contributed by atoms with Gasteiger partial charge in [0.2, 0.25) is 0 Å². The molecule has 2 atom stereocenters. The van der Waals surface area contributed by atoms with Crippen LogP contribution >= 0.6 is 0 Å². The topological polar surface area (TPSA) is 62.0 Å². The first kappa shape index (κ1) is 13.2. The van der Waals surface area contributed by atoms with Gasteiger partial charge in [-0.1, -0.05) is 0 Å². The molecule has 0 aromatic carbocycles. The van der Waals surface area contributed by atoms with Crippen molar-refractivity contribution >= 4 is 0 Å². The summed E-state index contributed by atoms with van der Waals surface area (Å²) in [5.41, 5.74) is 6.12. The van der Waals surface area contributed by atoms with E-state index in [0.717, 1.165) is 58.9 Å². The summed E-state index contributed by atoms with van der Waals surface area (Å²) in [7, 11) is 0. The average molecular weight is 243 g/mol. The second-order valence-electron chi connectivity index (χ2n) is 5.15. The van der Waals surface area contributed by atoms with Crippen LogP contribution in [0.4, 0.5) is 0 Å². The van der Waals surface area contributed by atoms with Gasteiger partial charge in [0.15, 0.2) is 0 Å². The van der Waals surface area contributed by atoms with Gasteiger partial charge in [-0.3, -0.25) is 4.90 Å². The smallest absolute Gasteiger partial charge is 0.0558 e. The molecule has 2 heterocycles. The normalized spacial score (nSPS) is 32.8. The highest BCUT2D eigenvalue weighted by Gasteiger charge is 2.26. The molecule has 2 aliphatic rings. The van der Waals surface area contributed by atoms with E-state index in [9.17, 15) is 0 Å². The Kier molecular flexibility index (Phi) is 5.18. The molecular weight excluding hydrogens is 218 g/mol. The second-order valence-corrected chi connectivity index (χ2v) is 5.15. The van der Waals surface area contributed by atoms with E-state index in [1.54, 1.807) is 0 Å². The van der Waals surface area contributed by atoms with Crippen molar-refractivity contribution in [2.75, 3.05) is 59.1 Å². The Balaban J connectivity index is 1.70. The van der Waals surface area contributed by atoms with E-state index in [-0.39, 0.29) is 6.61 Å². The molecule has 2 unspecified atom stereocenters. The van der Waals surface area contributed by atoms with Gasteiger partial charge in [0, 0.05) is 57.8 Å². The lowest BCUT2D eigenvalue weighted by atomic mass is 9.96. The lowest BCUT2D eigenvalue weighted by molar-refractivity contribution is 0.0164. The highest BCUT2D eigenvalue weighted by molar-refractivity contribution is 4.81. The number of nitrogens with two attached hydrogens (primary N) is 1. The average Bonchev–Trinajstić information content (AvgIpc) is 2.35. The number of β-amino-alcohol motifs (C(OH)–C–C–N with tert-alkyl or cyclic N) is 1. The Hall–Kier alpha value is -0.200. The molecule has 100 valence electrons. The van der Waals surface area contributed by atoms with Crippen LogP contribution in [0.5, 0.6) is 0 Å². The molecular formula is C12H25N3O2. The predicted molar refractivity (Wildman–Crippen MR) is 66.9 cm³/mol. The monoisotopic (exact) mass is 243 g/mol. The number of hydrogen-bond donors (Lipinski definition) is 2. The summed E-state index contributed by atoms with van der Waals surface area (Å²) in [6, 6.07) is 0.305. The summed E-state index contributed by atoms with van der Waals surface area (Å²) in [6.07, 6.45) is 0.995. The summed E-state index contributed by atoms with van der Waals surface area (Å²) in [6.45, 7) is 8.06. The molecule has 2 aliphatic heterocycles. The minimum atomic E-state index is 0.265. The molecule has 2 fully saturated rings. The van der Waals surface area contributed by atoms with Gasteiger partial charge >= 0.3 is 0 Å². The molecule has 5 nitrogen and oxygen atoms in total. The first-order valence-corrected chi connectivity index (χ1v) is 6.68. The van der Waals surface area contributed by atoms with E-state index >= 15 is 0 Å². The Labute approximate surface area is 104 Å². The predicted octanol–water partition coefficient (Wildman–Crippen LogP) is -1.04. The molecule has 0 aromatic rings. The Morgan fingerprint density at radius 1 is 1.18 bits per heavy atom. The Morgan fingerprint density at radius 3 is 2.53 bits per heavy atom. The molecule has 3 N–H and O–H groups in total. The molecule has 5 heteroatoms. The zero-order valence-electron chi connectivity index (χ0n) is 10.6. The van der Waals surface area contributed by atoms with Crippen LogP contribution in [0.3, 0.4) is 0 Å². The molecule has 0 spiro atoms. The van der Waals surface area contributed by atoms with Gasteiger partial charge in [-0.15, -0.1) is 0 Å². The van der Waals surface area contributed by atoms with E-state index in [0.29, 0.717) is 12.0 Å². The minimum Gasteiger partial charge on any atom is -0.395 e. The number of aliphatic hydroxyl groups excluding tert-OH is 1. The lowest BCUT2D eigenvalue weighted by Crippen LogP contribution is -2.51. The van der Waals surface area contributed by atoms with Crippen molar-refractivity contribution in [3.63, 3.8) is 0 Å². The number of rotatable bonds is 4. The zero-order chi connectivity index (χ0) is 12.1. The van der Waals surface area contributed by atoms with Crippen LogP contribution in [0.25, 0.3) is 0 Å². The van der Waals surface area contributed by atoms with Crippen LogP contribution < -0.4 is 5.73 Å². The van der Waals surface area contributed by atoms with E-state index < -0.39 is 0 Å². The largest absolute Gasteiger partial charge is 0.395 e. The number of nitrogens with zero attached hydrogens (tertiary/aromatic N) is 2. The summed E-state index contributed by atoms with van der Waals surface area (Å²) >= 11 is 0. The fourth-order valence-corrected chi connectivity index (χ4v) is 2.67. The number of ether oxygens (including phenoxy) is 1. The standard InChI is InChI=1S/C12H25N3O2/c13-12-1-8-17-10-11(12)9-15-4-2-14(3-5-15)6-7-16/h11-12,16H,1-10,13H2. The van der Waals surface area contributed by atoms with Crippen LogP contribution in [-0.2, 0) is 4.74 Å². The maximum Gasteiger partial charge on any atom is 0.0558 e. The molecule has 0 bridgehead atoms. The van der Waals surface area contributed by atoms with E-state index in [1.807, 2.05) is 0 Å². The summed E-state index contributed by atoms with van der Waals surface area (Å²) in [5.74, 6) is 0.494. The third-order valence-corrected chi connectivity index (χ3v) is 3.91. The van der Waals surface area contributed by atoms with Crippen molar-refractivity contribution in [2.24, 2.45) is 11.7 Å². The molecule has 0 radical (unpaired) electrons. The van der Waals surface area contributed by atoms with Crippen LogP contribution in [-0.4, -0.2) is 80.0 Å². The van der Waals surface area contributed by atoms with Gasteiger partial charge in [-0.2, -0.15) is 0 Å². The highest BCUT2D eigenvalue weighted by atomic mass is 16.5. The van der Waals surface area contributed by atoms with Gasteiger partial charge in [0.05, 0.1) is 13.2 Å². The van der Waals surface area contributed by atoms with Crippen LogP contribution in [0.2, 0.25) is 0 Å². The molecule has 0 aliphatic carbocycles. The number of aliphatic hydroxyl groups is 1. The highest BCUT2D eigenvalue weighted by Crippen LogP contribution is 2.15. The van der Waals surface area contributed by atoms with Gasteiger partial charge in [0.25, 0.3) is 0 Å². The van der Waals surface area contributed by atoms with E-state index in [2.05, 4.69) is 9.80 Å². The van der Waals surface area contributed by atoms with Crippen molar-refractivity contribution in [2.45, 2.75) is 12.5 Å². The Bertz CT molecular complexity index is 220. The molecule has 2 saturated heterocycles. The summed E-state index contributed by atoms with van der Waals surface area (Å²) < 4.78 is 5.50. The SMILES string of the molecule is NC1CCOCC1CN1CCN(CCO)CC1. The van der Waals surface area contributed by atoms with E-state index in [1.165, 1.54) is 0 Å². The van der Waals surface area contributed by atoms with Crippen molar-refractivity contribution in [3.8, 4) is 0 Å². The van der Waals surface area contributed by atoms with Crippen LogP contribution in [0, 0.1) is 5.92 Å². The summed E-state index contributed by atoms with van der Waals surface area (Å²) in [5, 5.41) is 8.89. The molecule has 2 rings (SSSR count). The zero-order valence-corrected chi connectivity index (χ0v) is 10.6. The van der Waals surface area contributed by atoms with Crippen molar-refractivity contribution in [3.05, 3.63) is 0 Å². The molecule has 0 amide bonds. The fraction of sp³-hybridized carbons (Fsp3) is 1.00. The third-order valence-electron chi connectivity index (χ3n) is 3.91. The summed E-state index contributed by atoms with van der Waals surface area (Å²) in [4.78, 5) is 4.79. The molecule has 0 saturated carbocycles. The third kappa shape index (κ3) is 3.89. The maximum absolute atomic E-state index is 8.89. The Morgan fingerprint density at radius 2 is 1.88 bits per heavy atom. The molecule has 0 aromatic heterocycles. The van der Waals surface area contributed by atoms with Gasteiger partial charge in [0.1, 0.15) is 0 Å². The molecule has 17 heavy (non-hydrogen) atoms. The van der Waals surface area contributed by atoms with E-state index in [4.69, 9.17) is 15.6 Å². The minimum absolute atomic E-state index is 0.265. The van der Waals surface area contributed by atoms with Gasteiger partial charge < -0.3 is 20.5 Å². The quantitative estimate of drug-likeness (QED) is 0.660. The first-order chi connectivity index (χ1) is 8.29. The maximum atomic E-state index is 8.89. The van der Waals surface area contributed by atoms with Crippen molar-refractivity contribution in [1.29, 1.82) is 0 Å². The second kappa shape index (κ2) is 6.66. The van der Waals surface area contributed by atoms with Crippen LogP contribution in [0.1, 0.15) is 6.42 Å². The fourth-order valence-electron chi connectivity index (χ4n) is 2.67. The van der Waals surface area contributed by atoms with Crippen molar-refractivity contribution < 1.29 is 9.84 Å². The van der Waals surface area contributed by atoms with Gasteiger partial charge in [-0.25, -0.2) is 0 Å². The van der Waals surface area contributed by atoms with Gasteiger partial charge in [-0.05, 0) is 6.42 Å². The van der Waals surface area contributed by atoms with Crippen LogP contribution in [0.15, 0.2) is 0 Å². The first-order valence-electron chi connectivity index (χ1n) is 6.68.